The lowest BCUT2D eigenvalue weighted by Crippen LogP contribution is -2.43. The quantitative estimate of drug-likeness (QED) is 0.273. The van der Waals surface area contributed by atoms with Crippen molar-refractivity contribution >= 4 is 27.5 Å². The van der Waals surface area contributed by atoms with E-state index < -0.39 is 11.6 Å². The summed E-state index contributed by atoms with van der Waals surface area (Å²) in [6.45, 7) is 4.41. The number of hydrogen-bond acceptors (Lipinski definition) is 6. The predicted molar refractivity (Wildman–Crippen MR) is 154 cm³/mol. The Bertz CT molecular complexity index is 1540. The molecule has 6 nitrogen and oxygen atoms in total. The van der Waals surface area contributed by atoms with Gasteiger partial charge >= 0.3 is 6.01 Å². The van der Waals surface area contributed by atoms with Crippen molar-refractivity contribution in [3.8, 4) is 17.3 Å². The Morgan fingerprint density at radius 3 is 2.33 bits per heavy atom. The molecule has 8 heteroatoms. The summed E-state index contributed by atoms with van der Waals surface area (Å²) in [7, 11) is 0. The van der Waals surface area contributed by atoms with Gasteiger partial charge in [-0.1, -0.05) is 49.6 Å². The van der Waals surface area contributed by atoms with Crippen molar-refractivity contribution in [2.45, 2.75) is 63.3 Å². The highest BCUT2D eigenvalue weighted by atomic mass is 19.1. The summed E-state index contributed by atoms with van der Waals surface area (Å²) in [4.78, 5) is 18.9. The van der Waals surface area contributed by atoms with Crippen LogP contribution in [0.4, 0.5) is 14.6 Å². The zero-order chi connectivity index (χ0) is 27.1. The number of pyridine rings is 1. The van der Waals surface area contributed by atoms with Crippen LogP contribution in [0.5, 0.6) is 6.01 Å². The number of halogens is 2. The molecule has 4 aromatic rings. The molecule has 0 atom stereocenters. The monoisotopic (exact) mass is 543 g/mol. The van der Waals surface area contributed by atoms with Gasteiger partial charge in [0.15, 0.2) is 5.82 Å². The Morgan fingerprint density at radius 1 is 0.825 bits per heavy atom. The van der Waals surface area contributed by atoms with Crippen molar-refractivity contribution in [1.82, 2.24) is 19.9 Å². The van der Waals surface area contributed by atoms with E-state index in [2.05, 4.69) is 19.8 Å². The first-order valence-corrected chi connectivity index (χ1v) is 14.8. The molecule has 0 saturated carbocycles. The fourth-order valence-electron chi connectivity index (χ4n) is 7.13. The highest BCUT2D eigenvalue weighted by Crippen LogP contribution is 2.40. The lowest BCUT2D eigenvalue weighted by atomic mass is 9.95. The maximum Gasteiger partial charge on any atom is 0.319 e. The molecule has 5 heterocycles. The topological polar surface area (TPSA) is 54.4 Å². The fourth-order valence-corrected chi connectivity index (χ4v) is 7.13. The Labute approximate surface area is 233 Å². The van der Waals surface area contributed by atoms with Crippen molar-refractivity contribution < 1.29 is 13.5 Å². The molecule has 40 heavy (non-hydrogen) atoms. The average molecular weight is 544 g/mol. The van der Waals surface area contributed by atoms with E-state index in [9.17, 15) is 4.39 Å². The highest BCUT2D eigenvalue weighted by Gasteiger charge is 2.45. The number of aromatic nitrogens is 3. The number of benzene rings is 2. The number of nitrogens with zero attached hydrogens (tertiary/aromatic N) is 5. The third-order valence-electron chi connectivity index (χ3n) is 9.19. The van der Waals surface area contributed by atoms with Gasteiger partial charge in [0.25, 0.3) is 0 Å². The van der Waals surface area contributed by atoms with E-state index >= 15 is 4.39 Å². The summed E-state index contributed by atoms with van der Waals surface area (Å²) >= 11 is 0. The number of fused-ring (bicyclic) bond motifs is 3. The van der Waals surface area contributed by atoms with E-state index in [0.717, 1.165) is 51.9 Å². The normalized spacial score (nSPS) is 19.6. The first-order chi connectivity index (χ1) is 19.6. The molecular formula is C32H35F2N5O. The molecule has 3 aliphatic rings. The first kappa shape index (κ1) is 25.6. The van der Waals surface area contributed by atoms with Crippen molar-refractivity contribution in [3.63, 3.8) is 0 Å². The molecule has 2 aromatic heterocycles. The first-order valence-electron chi connectivity index (χ1n) is 14.8. The minimum atomic E-state index is -0.574. The predicted octanol–water partition coefficient (Wildman–Crippen LogP) is 6.90. The molecule has 208 valence electrons. The maximum absolute atomic E-state index is 16.5. The van der Waals surface area contributed by atoms with Gasteiger partial charge in [0.2, 0.25) is 0 Å². The third-order valence-corrected chi connectivity index (χ3v) is 9.19. The van der Waals surface area contributed by atoms with Gasteiger partial charge in [-0.3, -0.25) is 9.88 Å². The minimum Gasteiger partial charge on any atom is -0.461 e. The molecule has 2 aromatic carbocycles. The van der Waals surface area contributed by atoms with Crippen LogP contribution in [-0.2, 0) is 0 Å². The van der Waals surface area contributed by atoms with Crippen LogP contribution in [-0.4, -0.2) is 58.2 Å². The standard InChI is InChI=1S/C32H35F2N5O/c33-25-13-7-11-22-10-6-12-23(26(22)25)28-27(34)29-24(20-35-28)30(38-16-4-2-1-3-5-17-38)37-31(36-29)40-21-32-14-8-18-39(32)19-9-15-32/h6-7,10-13,20H,1-5,8-9,14-19,21H2. The number of hydrogen-bond donors (Lipinski definition) is 0. The van der Waals surface area contributed by atoms with E-state index in [0.29, 0.717) is 34.1 Å². The van der Waals surface area contributed by atoms with Gasteiger partial charge in [0.1, 0.15) is 29.5 Å². The molecule has 3 fully saturated rings. The van der Waals surface area contributed by atoms with Crippen LogP contribution in [0, 0.1) is 11.6 Å². The van der Waals surface area contributed by atoms with Gasteiger partial charge in [-0.25, -0.2) is 8.78 Å². The van der Waals surface area contributed by atoms with Crippen molar-refractivity contribution in [1.29, 1.82) is 0 Å². The number of rotatable bonds is 5. The van der Waals surface area contributed by atoms with E-state index in [1.165, 1.54) is 38.2 Å². The zero-order valence-electron chi connectivity index (χ0n) is 22.8. The van der Waals surface area contributed by atoms with Gasteiger partial charge in [-0.05, 0) is 63.1 Å². The van der Waals surface area contributed by atoms with Crippen LogP contribution < -0.4 is 9.64 Å². The van der Waals surface area contributed by atoms with Crippen LogP contribution in [0.1, 0.15) is 57.8 Å². The van der Waals surface area contributed by atoms with Crippen molar-refractivity contribution in [2.24, 2.45) is 0 Å². The van der Waals surface area contributed by atoms with E-state index in [1.807, 2.05) is 12.1 Å². The van der Waals surface area contributed by atoms with Crippen molar-refractivity contribution in [2.75, 3.05) is 37.7 Å². The number of anilines is 1. The van der Waals surface area contributed by atoms with Crippen LogP contribution in [0.2, 0.25) is 0 Å². The van der Waals surface area contributed by atoms with Gasteiger partial charge in [-0.15, -0.1) is 0 Å². The molecule has 0 spiro atoms. The summed E-state index contributed by atoms with van der Waals surface area (Å²) in [6, 6.07) is 10.4. The molecular weight excluding hydrogens is 508 g/mol. The second-order valence-corrected chi connectivity index (χ2v) is 11.6. The van der Waals surface area contributed by atoms with E-state index in [4.69, 9.17) is 9.72 Å². The Balaban J connectivity index is 1.34. The van der Waals surface area contributed by atoms with Gasteiger partial charge in [0.05, 0.1) is 10.9 Å². The summed E-state index contributed by atoms with van der Waals surface area (Å²) < 4.78 is 37.8. The Hall–Kier alpha value is -3.39. The molecule has 3 saturated heterocycles. The summed E-state index contributed by atoms with van der Waals surface area (Å²) in [5.74, 6) is -0.300. The minimum absolute atomic E-state index is 0.0292. The van der Waals surface area contributed by atoms with Crippen LogP contribution >= 0.6 is 0 Å². The smallest absolute Gasteiger partial charge is 0.319 e. The largest absolute Gasteiger partial charge is 0.461 e. The summed E-state index contributed by atoms with van der Waals surface area (Å²) in [5.41, 5.74) is 0.701. The average Bonchev–Trinajstić information content (AvgIpc) is 3.53. The summed E-state index contributed by atoms with van der Waals surface area (Å²) in [5, 5.41) is 1.62. The van der Waals surface area contributed by atoms with Crippen LogP contribution in [0.15, 0.2) is 42.6 Å². The van der Waals surface area contributed by atoms with Gasteiger partial charge in [0, 0.05) is 30.2 Å². The van der Waals surface area contributed by atoms with E-state index in [1.54, 1.807) is 24.4 Å². The van der Waals surface area contributed by atoms with Gasteiger partial charge in [-0.2, -0.15) is 9.97 Å². The molecule has 0 amide bonds. The second kappa shape index (κ2) is 10.5. The lowest BCUT2D eigenvalue weighted by Gasteiger charge is -2.31. The zero-order valence-corrected chi connectivity index (χ0v) is 22.8. The Kier molecular flexibility index (Phi) is 6.74. The molecule has 0 bridgehead atoms. The lowest BCUT2D eigenvalue weighted by molar-refractivity contribution is 0.108. The van der Waals surface area contributed by atoms with E-state index in [-0.39, 0.29) is 22.8 Å². The number of ether oxygens (including phenoxy) is 1. The molecule has 0 unspecified atom stereocenters. The molecule has 3 aliphatic heterocycles. The highest BCUT2D eigenvalue weighted by molar-refractivity contribution is 5.99. The SMILES string of the molecule is Fc1c(-c2cccc3cccc(F)c23)ncc2c(N3CCCCCCC3)nc(OCC34CCCN3CCC4)nc12. The third kappa shape index (κ3) is 4.46. The fraction of sp³-hybridized carbons (Fsp3) is 0.469. The Morgan fingerprint density at radius 2 is 1.55 bits per heavy atom. The molecule has 0 aliphatic carbocycles. The summed E-state index contributed by atoms with van der Waals surface area (Å²) in [6.07, 6.45) is 11.9. The van der Waals surface area contributed by atoms with Crippen LogP contribution in [0.3, 0.4) is 0 Å². The van der Waals surface area contributed by atoms with Gasteiger partial charge < -0.3 is 9.64 Å². The van der Waals surface area contributed by atoms with Crippen LogP contribution in [0.25, 0.3) is 32.9 Å². The molecule has 7 rings (SSSR count). The molecule has 0 radical (unpaired) electrons. The second-order valence-electron chi connectivity index (χ2n) is 11.6. The maximum atomic E-state index is 16.5. The van der Waals surface area contributed by atoms with Crippen molar-refractivity contribution in [3.05, 3.63) is 54.2 Å². The molecule has 0 N–H and O–H groups in total.